The minimum Gasteiger partial charge on any atom is -0.496 e. The fourth-order valence-electron chi connectivity index (χ4n) is 5.63. The smallest absolute Gasteiger partial charge is 0.338 e. The van der Waals surface area contributed by atoms with Crippen LogP contribution in [0.15, 0.2) is 76.0 Å². The maximum absolute atomic E-state index is 14.4. The Morgan fingerprint density at radius 2 is 1.67 bits per heavy atom. The lowest BCUT2D eigenvalue weighted by Gasteiger charge is -2.26. The van der Waals surface area contributed by atoms with Gasteiger partial charge >= 0.3 is 5.97 Å². The van der Waals surface area contributed by atoms with E-state index in [0.29, 0.717) is 45.3 Å². The molecule has 0 fully saturated rings. The number of thiazole rings is 1. The molecule has 0 aliphatic carbocycles. The molecule has 9 heteroatoms. The number of esters is 1. The lowest BCUT2D eigenvalue weighted by molar-refractivity contribution is -0.138. The number of carbonyl (C=O) groups is 1. The van der Waals surface area contributed by atoms with Crippen molar-refractivity contribution in [3.63, 3.8) is 0 Å². The molecule has 1 atom stereocenters. The van der Waals surface area contributed by atoms with Gasteiger partial charge in [-0.05, 0) is 86.2 Å². The fraction of sp³-hybridized carbons (Fsp3) is 0.324. The molecule has 1 aromatic heterocycles. The maximum atomic E-state index is 14.4. The van der Waals surface area contributed by atoms with E-state index < -0.39 is 12.0 Å². The lowest BCUT2D eigenvalue weighted by atomic mass is 9.93. The number of aryl methyl sites for hydroxylation is 1. The van der Waals surface area contributed by atoms with Gasteiger partial charge in [-0.1, -0.05) is 61.6 Å². The van der Waals surface area contributed by atoms with Crippen LogP contribution in [0, 0.1) is 6.92 Å². The minimum absolute atomic E-state index is 0.171. The molecule has 46 heavy (non-hydrogen) atoms. The maximum Gasteiger partial charge on any atom is 0.338 e. The standard InChI is InChI=1S/C37H40N2O6S/c1-8-43-28-17-16-25(20-30(28)44-9-2)34-32(36(41)45-10-3)33(24-14-12-11-13-15-24)38-37-39(34)35(40)31(46-37)21-26-19-27(22(4)5)29(42-7)18-23(26)6/h11-22,34H,8-10H2,1-7H3/t34-/m0/s1. The van der Waals surface area contributed by atoms with E-state index >= 15 is 0 Å². The molecule has 1 aliphatic heterocycles. The molecule has 0 unspecified atom stereocenters. The van der Waals surface area contributed by atoms with Crippen LogP contribution in [0.4, 0.5) is 0 Å². The zero-order chi connectivity index (χ0) is 33.0. The van der Waals surface area contributed by atoms with Gasteiger partial charge in [0.05, 0.1) is 48.8 Å². The Bertz CT molecular complexity index is 1960. The van der Waals surface area contributed by atoms with Crippen molar-refractivity contribution < 1.29 is 23.7 Å². The van der Waals surface area contributed by atoms with Gasteiger partial charge in [0.15, 0.2) is 16.3 Å². The minimum atomic E-state index is -0.828. The highest BCUT2D eigenvalue weighted by Gasteiger charge is 2.35. The monoisotopic (exact) mass is 640 g/mol. The Labute approximate surface area is 273 Å². The molecule has 0 saturated heterocycles. The molecule has 0 radical (unpaired) electrons. The molecule has 1 aliphatic rings. The van der Waals surface area contributed by atoms with Gasteiger partial charge in [-0.25, -0.2) is 9.79 Å². The van der Waals surface area contributed by atoms with Gasteiger partial charge in [0.1, 0.15) is 5.75 Å². The Hall–Kier alpha value is -4.63. The molecule has 4 aromatic rings. The Morgan fingerprint density at radius 1 is 0.957 bits per heavy atom. The zero-order valence-corrected chi connectivity index (χ0v) is 28.2. The zero-order valence-electron chi connectivity index (χ0n) is 27.4. The number of methoxy groups -OCH3 is 1. The van der Waals surface area contributed by atoms with Crippen LogP contribution in [-0.4, -0.2) is 37.5 Å². The molecule has 2 heterocycles. The van der Waals surface area contributed by atoms with Crippen LogP contribution < -0.4 is 29.1 Å². The summed E-state index contributed by atoms with van der Waals surface area (Å²) in [4.78, 5) is 33.7. The third kappa shape index (κ3) is 6.37. The van der Waals surface area contributed by atoms with Crippen LogP contribution in [0.2, 0.25) is 0 Å². The number of benzene rings is 3. The Kier molecular flexibility index (Phi) is 10.1. The first-order valence-corrected chi connectivity index (χ1v) is 16.4. The van der Waals surface area contributed by atoms with E-state index in [1.807, 2.05) is 81.4 Å². The largest absolute Gasteiger partial charge is 0.496 e. The van der Waals surface area contributed by atoms with Gasteiger partial charge in [0.2, 0.25) is 0 Å². The van der Waals surface area contributed by atoms with Crippen LogP contribution in [0.5, 0.6) is 17.2 Å². The number of ether oxygens (including phenoxy) is 4. The second-order valence-electron chi connectivity index (χ2n) is 11.1. The predicted octanol–water partition coefficient (Wildman–Crippen LogP) is 6.17. The average Bonchev–Trinajstić information content (AvgIpc) is 3.36. The van der Waals surface area contributed by atoms with E-state index in [2.05, 4.69) is 19.9 Å². The fourth-order valence-corrected chi connectivity index (χ4v) is 6.63. The first-order valence-electron chi connectivity index (χ1n) is 15.6. The van der Waals surface area contributed by atoms with Gasteiger partial charge in [-0.3, -0.25) is 9.36 Å². The van der Waals surface area contributed by atoms with Crippen molar-refractivity contribution in [2.45, 2.75) is 53.5 Å². The third-order valence-corrected chi connectivity index (χ3v) is 8.77. The summed E-state index contributed by atoms with van der Waals surface area (Å²) in [6.45, 7) is 12.8. The van der Waals surface area contributed by atoms with E-state index in [1.165, 1.54) is 11.3 Å². The van der Waals surface area contributed by atoms with Crippen molar-refractivity contribution >= 4 is 29.1 Å². The SMILES string of the molecule is CCOC(=O)C1=C(c2ccccc2)N=c2sc(=Cc3cc(C(C)C)c(OC)cc3C)c(=O)n2[C@H]1c1ccc(OCC)c(OCC)c1. The second kappa shape index (κ2) is 14.2. The van der Waals surface area contributed by atoms with Gasteiger partial charge in [0, 0.05) is 5.56 Å². The molecule has 5 rings (SSSR count). The molecule has 8 nitrogen and oxygen atoms in total. The summed E-state index contributed by atoms with van der Waals surface area (Å²) in [5.41, 5.74) is 4.86. The summed E-state index contributed by atoms with van der Waals surface area (Å²) >= 11 is 1.29. The van der Waals surface area contributed by atoms with Gasteiger partial charge in [-0.2, -0.15) is 0 Å². The number of hydrogen-bond acceptors (Lipinski definition) is 8. The normalized spacial score (nSPS) is 14.6. The summed E-state index contributed by atoms with van der Waals surface area (Å²) < 4.78 is 25.1. The molecule has 240 valence electrons. The number of fused-ring (bicyclic) bond motifs is 1. The molecule has 3 aromatic carbocycles. The molecule has 0 bridgehead atoms. The summed E-state index contributed by atoms with van der Waals surface area (Å²) in [6.07, 6.45) is 1.90. The van der Waals surface area contributed by atoms with Crippen molar-refractivity contribution in [3.05, 3.63) is 114 Å². The Balaban J connectivity index is 1.83. The van der Waals surface area contributed by atoms with E-state index in [9.17, 15) is 9.59 Å². The second-order valence-corrected chi connectivity index (χ2v) is 12.1. The van der Waals surface area contributed by atoms with E-state index in [4.69, 9.17) is 23.9 Å². The lowest BCUT2D eigenvalue weighted by Crippen LogP contribution is -2.40. The number of carbonyl (C=O) groups excluding carboxylic acids is 1. The van der Waals surface area contributed by atoms with Crippen molar-refractivity contribution in [2.24, 2.45) is 4.99 Å². The van der Waals surface area contributed by atoms with Gasteiger partial charge < -0.3 is 18.9 Å². The van der Waals surface area contributed by atoms with Crippen LogP contribution in [0.25, 0.3) is 11.8 Å². The highest BCUT2D eigenvalue weighted by molar-refractivity contribution is 7.07. The highest BCUT2D eigenvalue weighted by atomic mass is 32.1. The van der Waals surface area contributed by atoms with E-state index in [-0.39, 0.29) is 23.7 Å². The van der Waals surface area contributed by atoms with Crippen LogP contribution in [-0.2, 0) is 9.53 Å². The third-order valence-electron chi connectivity index (χ3n) is 7.78. The number of nitrogens with zero attached hydrogens (tertiary/aromatic N) is 2. The first kappa shape index (κ1) is 32.8. The van der Waals surface area contributed by atoms with Crippen LogP contribution in [0.3, 0.4) is 0 Å². The molecule has 0 N–H and O–H groups in total. The molecule has 0 spiro atoms. The van der Waals surface area contributed by atoms with Gasteiger partial charge in [-0.15, -0.1) is 0 Å². The summed E-state index contributed by atoms with van der Waals surface area (Å²) in [7, 11) is 1.67. The van der Waals surface area contributed by atoms with Gasteiger partial charge in [0.25, 0.3) is 5.56 Å². The van der Waals surface area contributed by atoms with E-state index in [1.54, 1.807) is 18.6 Å². The summed E-state index contributed by atoms with van der Waals surface area (Å²) in [5.74, 6) is 1.62. The summed E-state index contributed by atoms with van der Waals surface area (Å²) in [5, 5.41) is 0. The number of rotatable bonds is 11. The predicted molar refractivity (Wildman–Crippen MR) is 182 cm³/mol. The Morgan fingerprint density at radius 3 is 2.33 bits per heavy atom. The quantitative estimate of drug-likeness (QED) is 0.182. The molecular formula is C37H40N2O6S. The van der Waals surface area contributed by atoms with Crippen LogP contribution in [0.1, 0.15) is 74.4 Å². The molecule has 0 saturated carbocycles. The first-order chi connectivity index (χ1) is 22.2. The summed E-state index contributed by atoms with van der Waals surface area (Å²) in [6, 6.07) is 18.3. The highest BCUT2D eigenvalue weighted by Crippen LogP contribution is 2.39. The molecular weight excluding hydrogens is 600 g/mol. The topological polar surface area (TPSA) is 88.4 Å². The van der Waals surface area contributed by atoms with E-state index in [0.717, 1.165) is 28.0 Å². The van der Waals surface area contributed by atoms with Crippen molar-refractivity contribution in [1.29, 1.82) is 0 Å². The van der Waals surface area contributed by atoms with Crippen molar-refractivity contribution in [1.82, 2.24) is 4.57 Å². The number of hydrogen-bond donors (Lipinski definition) is 0. The van der Waals surface area contributed by atoms with Crippen molar-refractivity contribution in [2.75, 3.05) is 26.9 Å². The number of aromatic nitrogens is 1. The molecule has 0 amide bonds. The average molecular weight is 641 g/mol. The van der Waals surface area contributed by atoms with Crippen molar-refractivity contribution in [3.8, 4) is 17.2 Å². The van der Waals surface area contributed by atoms with Crippen LogP contribution >= 0.6 is 11.3 Å².